The Hall–Kier alpha value is -2.01. The van der Waals surface area contributed by atoms with E-state index in [1.165, 1.54) is 12.1 Å². The Kier molecular flexibility index (Phi) is 4.29. The molecule has 0 saturated heterocycles. The van der Waals surface area contributed by atoms with Crippen LogP contribution in [0.3, 0.4) is 0 Å². The van der Waals surface area contributed by atoms with E-state index in [9.17, 15) is 18.3 Å². The number of hydrogen-bond donors (Lipinski definition) is 1. The van der Waals surface area contributed by atoms with Crippen LogP contribution in [0.15, 0.2) is 54.6 Å². The summed E-state index contributed by atoms with van der Waals surface area (Å²) in [4.78, 5) is 0. The average Bonchev–Trinajstić information content (AvgIpc) is 2.45. The molecule has 5 heteroatoms. The molecule has 0 aliphatic heterocycles. The van der Waals surface area contributed by atoms with Gasteiger partial charge in [0.1, 0.15) is 11.9 Å². The fourth-order valence-corrected chi connectivity index (χ4v) is 1.77. The van der Waals surface area contributed by atoms with E-state index in [0.29, 0.717) is 0 Å². The van der Waals surface area contributed by atoms with Gasteiger partial charge in [0, 0.05) is 0 Å². The van der Waals surface area contributed by atoms with Gasteiger partial charge in [-0.05, 0) is 29.8 Å². The number of ether oxygens (including phenoxy) is 1. The molecule has 20 heavy (non-hydrogen) atoms. The molecule has 0 aliphatic rings. The van der Waals surface area contributed by atoms with Gasteiger partial charge in [0.25, 0.3) is 0 Å². The minimum atomic E-state index is -4.37. The molecule has 0 aromatic heterocycles. The number of halogens is 3. The summed E-state index contributed by atoms with van der Waals surface area (Å²) in [5.41, 5.74) is 0.0278. The van der Waals surface area contributed by atoms with Gasteiger partial charge in [0.2, 0.25) is 0 Å². The first kappa shape index (κ1) is 14.4. The Morgan fingerprint density at radius 3 is 2.05 bits per heavy atom. The van der Waals surface area contributed by atoms with Gasteiger partial charge in [-0.2, -0.15) is 13.2 Å². The summed E-state index contributed by atoms with van der Waals surface area (Å²) in [6.07, 6.45) is -4.97. The first-order valence-corrected chi connectivity index (χ1v) is 6.00. The minimum Gasteiger partial charge on any atom is -0.483 e. The Bertz CT molecular complexity index is 535. The number of rotatable bonds is 4. The van der Waals surface area contributed by atoms with Gasteiger partial charge in [-0.1, -0.05) is 30.3 Å². The quantitative estimate of drug-likeness (QED) is 0.923. The zero-order valence-corrected chi connectivity index (χ0v) is 10.5. The van der Waals surface area contributed by atoms with Gasteiger partial charge in [0.15, 0.2) is 0 Å². The summed E-state index contributed by atoms with van der Waals surface area (Å²) in [5, 5.41) is 9.32. The lowest BCUT2D eigenvalue weighted by Crippen LogP contribution is -2.12. The molecule has 0 saturated carbocycles. The topological polar surface area (TPSA) is 29.5 Å². The van der Waals surface area contributed by atoms with Crippen molar-refractivity contribution in [2.45, 2.75) is 12.3 Å². The molecule has 2 aromatic rings. The lowest BCUT2D eigenvalue weighted by Gasteiger charge is -2.17. The zero-order valence-electron chi connectivity index (χ0n) is 10.5. The van der Waals surface area contributed by atoms with Crippen molar-refractivity contribution in [2.24, 2.45) is 0 Å². The second kappa shape index (κ2) is 5.96. The van der Waals surface area contributed by atoms with Gasteiger partial charge in [-0.15, -0.1) is 0 Å². The zero-order chi connectivity index (χ0) is 14.6. The normalized spacial score (nSPS) is 13.0. The highest BCUT2D eigenvalue weighted by molar-refractivity contribution is 5.30. The smallest absolute Gasteiger partial charge is 0.416 e. The maximum Gasteiger partial charge on any atom is 0.416 e. The number of hydrogen-bond acceptors (Lipinski definition) is 2. The van der Waals surface area contributed by atoms with E-state index in [1.54, 1.807) is 24.3 Å². The Balaban J connectivity index is 2.13. The fourth-order valence-electron chi connectivity index (χ4n) is 1.77. The predicted molar refractivity (Wildman–Crippen MR) is 68.3 cm³/mol. The summed E-state index contributed by atoms with van der Waals surface area (Å²) >= 11 is 0. The third-order valence-electron chi connectivity index (χ3n) is 2.80. The molecule has 106 valence electrons. The minimum absolute atomic E-state index is 0.259. The molecule has 2 rings (SSSR count). The maximum atomic E-state index is 12.4. The predicted octanol–water partition coefficient (Wildman–Crippen LogP) is 3.82. The first-order chi connectivity index (χ1) is 9.50. The van der Waals surface area contributed by atoms with Crippen molar-refractivity contribution in [2.75, 3.05) is 6.61 Å². The van der Waals surface area contributed by atoms with Gasteiger partial charge in [-0.3, -0.25) is 0 Å². The largest absolute Gasteiger partial charge is 0.483 e. The summed E-state index contributed by atoms with van der Waals surface area (Å²) < 4.78 is 42.8. The summed E-state index contributed by atoms with van der Waals surface area (Å²) in [6.45, 7) is -0.259. The van der Waals surface area contributed by atoms with Crippen molar-refractivity contribution >= 4 is 0 Å². The van der Waals surface area contributed by atoms with Crippen LogP contribution in [0.25, 0.3) is 0 Å². The second-order valence-electron chi connectivity index (χ2n) is 4.22. The molecule has 1 N–H and O–H groups in total. The monoisotopic (exact) mass is 282 g/mol. The van der Waals surface area contributed by atoms with Gasteiger partial charge in [-0.25, -0.2) is 0 Å². The van der Waals surface area contributed by atoms with Crippen molar-refractivity contribution in [3.8, 4) is 5.75 Å². The highest BCUT2D eigenvalue weighted by atomic mass is 19.4. The summed E-state index contributed by atoms with van der Waals surface area (Å²) in [7, 11) is 0. The number of aliphatic hydroxyl groups excluding tert-OH is 1. The highest BCUT2D eigenvalue weighted by Gasteiger charge is 2.30. The van der Waals surface area contributed by atoms with E-state index in [1.807, 2.05) is 6.07 Å². The maximum absolute atomic E-state index is 12.4. The van der Waals surface area contributed by atoms with Crippen LogP contribution < -0.4 is 4.74 Å². The van der Waals surface area contributed by atoms with E-state index in [-0.39, 0.29) is 12.4 Å². The van der Waals surface area contributed by atoms with E-state index in [0.717, 1.165) is 17.7 Å². The number of alkyl halides is 3. The third-order valence-corrected chi connectivity index (χ3v) is 2.80. The molecule has 1 atom stereocenters. The van der Waals surface area contributed by atoms with Crippen LogP contribution in [-0.2, 0) is 6.18 Å². The molecule has 0 heterocycles. The number of benzene rings is 2. The van der Waals surface area contributed by atoms with E-state index in [2.05, 4.69) is 0 Å². The van der Waals surface area contributed by atoms with Crippen molar-refractivity contribution in [3.05, 3.63) is 65.7 Å². The first-order valence-electron chi connectivity index (χ1n) is 6.00. The number of aliphatic hydroxyl groups is 1. The molecule has 0 bridgehead atoms. The Morgan fingerprint density at radius 2 is 1.55 bits per heavy atom. The Labute approximate surface area is 114 Å². The summed E-state index contributed by atoms with van der Waals surface area (Å²) in [6, 6.07) is 13.4. The Morgan fingerprint density at radius 1 is 0.950 bits per heavy atom. The summed E-state index contributed by atoms with van der Waals surface area (Å²) in [5.74, 6) is 0.279. The van der Waals surface area contributed by atoms with Crippen LogP contribution in [0, 0.1) is 0 Å². The molecule has 0 radical (unpaired) electrons. The van der Waals surface area contributed by atoms with E-state index in [4.69, 9.17) is 4.74 Å². The van der Waals surface area contributed by atoms with Crippen LogP contribution in [0.4, 0.5) is 13.2 Å². The van der Waals surface area contributed by atoms with Gasteiger partial charge in [0.05, 0.1) is 12.2 Å². The standard InChI is InChI=1S/C15H13F3O2/c16-15(17,18)12-6-8-13(9-7-12)20-14(10-19)11-4-2-1-3-5-11/h1-9,14,19H,10H2/t14-/m0/s1. The van der Waals surface area contributed by atoms with E-state index < -0.39 is 17.8 Å². The lowest BCUT2D eigenvalue weighted by molar-refractivity contribution is -0.137. The molecular weight excluding hydrogens is 269 g/mol. The molecule has 0 aliphatic carbocycles. The van der Waals surface area contributed by atoms with Gasteiger partial charge < -0.3 is 9.84 Å². The lowest BCUT2D eigenvalue weighted by atomic mass is 10.1. The van der Waals surface area contributed by atoms with Crippen LogP contribution >= 0.6 is 0 Å². The molecule has 0 amide bonds. The van der Waals surface area contributed by atoms with Crippen molar-refractivity contribution < 1.29 is 23.0 Å². The van der Waals surface area contributed by atoms with Crippen LogP contribution in [0.1, 0.15) is 17.2 Å². The molecule has 0 spiro atoms. The molecule has 0 unspecified atom stereocenters. The molecule has 0 fully saturated rings. The van der Waals surface area contributed by atoms with Crippen molar-refractivity contribution in [1.82, 2.24) is 0 Å². The molecule has 2 nitrogen and oxygen atoms in total. The molecular formula is C15H13F3O2. The fraction of sp³-hybridized carbons (Fsp3) is 0.200. The van der Waals surface area contributed by atoms with Gasteiger partial charge >= 0.3 is 6.18 Å². The van der Waals surface area contributed by atoms with Crippen molar-refractivity contribution in [3.63, 3.8) is 0 Å². The highest BCUT2D eigenvalue weighted by Crippen LogP contribution is 2.31. The average molecular weight is 282 g/mol. The second-order valence-corrected chi connectivity index (χ2v) is 4.22. The van der Waals surface area contributed by atoms with E-state index >= 15 is 0 Å². The molecule has 2 aromatic carbocycles. The van der Waals surface area contributed by atoms with Crippen LogP contribution in [0.2, 0.25) is 0 Å². The third kappa shape index (κ3) is 3.51. The van der Waals surface area contributed by atoms with Crippen LogP contribution in [-0.4, -0.2) is 11.7 Å². The van der Waals surface area contributed by atoms with Crippen molar-refractivity contribution in [1.29, 1.82) is 0 Å². The van der Waals surface area contributed by atoms with Crippen LogP contribution in [0.5, 0.6) is 5.75 Å². The SMILES string of the molecule is OC[C@H](Oc1ccc(C(F)(F)F)cc1)c1ccccc1.